The van der Waals surface area contributed by atoms with Gasteiger partial charge in [-0.05, 0) is 96.3 Å². The van der Waals surface area contributed by atoms with Crippen LogP contribution in [0.1, 0.15) is 226 Å². The number of hydrogen-bond acceptors (Lipinski definition) is 8. The van der Waals surface area contributed by atoms with Crippen LogP contribution in [0.15, 0.2) is 134 Å². The molecule has 0 radical (unpaired) electrons. The highest BCUT2D eigenvalue weighted by atomic mass is 31.2. The average molecular weight is 1090 g/mol. The molecule has 0 saturated heterocycles. The summed E-state index contributed by atoms with van der Waals surface area (Å²) < 4.78 is 34.1. The van der Waals surface area contributed by atoms with Crippen molar-refractivity contribution < 1.29 is 42.1 Å². The van der Waals surface area contributed by atoms with E-state index in [9.17, 15) is 19.0 Å². The lowest BCUT2D eigenvalue weighted by Crippen LogP contribution is -2.37. The molecule has 0 aliphatic carbocycles. The van der Waals surface area contributed by atoms with Gasteiger partial charge < -0.3 is 27.9 Å². The summed E-state index contributed by atoms with van der Waals surface area (Å²) in [7, 11) is 1.13. The lowest BCUT2D eigenvalue weighted by atomic mass is 10.0. The number of carbonyl (C=O) groups excluding carboxylic acids is 2. The number of unbranched alkanes of at least 4 members (excludes halogenated alkanes) is 18. The molecular weight excluding hydrogens is 978 g/mol. The molecule has 438 valence electrons. The van der Waals surface area contributed by atoms with E-state index in [-0.39, 0.29) is 26.1 Å². The van der Waals surface area contributed by atoms with Crippen molar-refractivity contribution in [2.24, 2.45) is 0 Å². The van der Waals surface area contributed by atoms with E-state index in [2.05, 4.69) is 148 Å². The van der Waals surface area contributed by atoms with E-state index in [0.29, 0.717) is 17.4 Å². The quantitative estimate of drug-likeness (QED) is 0.0195. The summed E-state index contributed by atoms with van der Waals surface area (Å²) in [5.74, 6) is -0.876. The maximum Gasteiger partial charge on any atom is 0.306 e. The molecule has 0 amide bonds. The van der Waals surface area contributed by atoms with E-state index < -0.39 is 32.5 Å². The van der Waals surface area contributed by atoms with Crippen LogP contribution in [0.4, 0.5) is 0 Å². The molecule has 0 aromatic carbocycles. The van der Waals surface area contributed by atoms with Crippen molar-refractivity contribution in [1.82, 2.24) is 0 Å². The molecule has 0 aliphatic rings. The van der Waals surface area contributed by atoms with Crippen molar-refractivity contribution in [3.8, 4) is 0 Å². The smallest absolute Gasteiger partial charge is 0.306 e. The number of quaternary nitrogens is 1. The predicted molar refractivity (Wildman–Crippen MR) is 327 cm³/mol. The molecule has 0 bridgehead atoms. The Morgan fingerprint density at radius 1 is 0.416 bits per heavy atom. The zero-order valence-electron chi connectivity index (χ0n) is 49.6. The van der Waals surface area contributed by atoms with Gasteiger partial charge >= 0.3 is 11.9 Å². The Balaban J connectivity index is 4.23. The van der Waals surface area contributed by atoms with Gasteiger partial charge in [-0.2, -0.15) is 0 Å². The number of ether oxygens (including phenoxy) is 2. The first-order valence-electron chi connectivity index (χ1n) is 30.4. The van der Waals surface area contributed by atoms with Gasteiger partial charge in [0.25, 0.3) is 7.82 Å². The summed E-state index contributed by atoms with van der Waals surface area (Å²) in [6, 6.07) is 0. The van der Waals surface area contributed by atoms with Crippen molar-refractivity contribution in [2.75, 3.05) is 47.5 Å². The molecule has 2 unspecified atom stereocenters. The fraction of sp³-hybridized carbons (Fsp3) is 0.642. The standard InChI is InChI=1S/C67H112NO8P/c1-6-8-10-12-14-16-18-20-22-24-25-26-27-28-29-30-31-32-33-34-35-36-37-38-39-40-41-42-43-44-46-48-50-52-54-56-58-60-67(70)76-65(64-75-77(71,72)74-62-61-68(3,4)5)63-73-66(69)59-57-55-53-51-49-47-45-23-21-19-17-15-13-11-9-7-2/h8,10,14,16,20,22,25-26,28-29,31-32,34-35,37-38,40-41,43-44,48,50,65H,6-7,9,11-13,15,17-19,21,23-24,27,30,33,36,39,42,45-47,49,51-64H2,1-5H3/b10-8-,16-14-,22-20-,26-25-,29-28-,32-31-,35-34-,38-37-,41-40-,44-43-,50-48-. The van der Waals surface area contributed by atoms with E-state index in [1.165, 1.54) is 83.5 Å². The molecule has 0 rings (SSSR count). The number of hydrogen-bond donors (Lipinski definition) is 0. The summed E-state index contributed by atoms with van der Waals surface area (Å²) in [4.78, 5) is 37.8. The molecule has 2 atom stereocenters. The van der Waals surface area contributed by atoms with Crippen molar-refractivity contribution in [3.05, 3.63) is 134 Å². The lowest BCUT2D eigenvalue weighted by Gasteiger charge is -2.28. The Morgan fingerprint density at radius 3 is 1.10 bits per heavy atom. The van der Waals surface area contributed by atoms with Crippen LogP contribution in [0.5, 0.6) is 0 Å². The van der Waals surface area contributed by atoms with Crippen LogP contribution in [-0.2, 0) is 32.7 Å². The minimum absolute atomic E-state index is 0.0433. The maximum atomic E-state index is 12.8. The molecule has 9 nitrogen and oxygen atoms in total. The zero-order valence-corrected chi connectivity index (χ0v) is 50.5. The molecular formula is C67H112NO8P. The highest BCUT2D eigenvalue weighted by Crippen LogP contribution is 2.38. The molecule has 0 aromatic rings. The SMILES string of the molecule is CC/C=C\C/C=C\C/C=C\C/C=C\C/C=C\C/C=C\C/C=C\C/C=C\C/C=C\C/C=C\C/C=C\CCCCCC(=O)OC(COC(=O)CCCCCCCCCCCCCCCCCC)COP(=O)([O-])OCC[N+](C)(C)C. The van der Waals surface area contributed by atoms with Gasteiger partial charge in [0.2, 0.25) is 0 Å². The molecule has 0 aliphatic heterocycles. The van der Waals surface area contributed by atoms with Crippen LogP contribution in [0.2, 0.25) is 0 Å². The largest absolute Gasteiger partial charge is 0.756 e. The Morgan fingerprint density at radius 2 is 0.740 bits per heavy atom. The van der Waals surface area contributed by atoms with Crippen molar-refractivity contribution in [2.45, 2.75) is 232 Å². The predicted octanol–water partition coefficient (Wildman–Crippen LogP) is 18.7. The van der Waals surface area contributed by atoms with Crippen LogP contribution in [0, 0.1) is 0 Å². The lowest BCUT2D eigenvalue weighted by molar-refractivity contribution is -0.870. The second-order valence-corrected chi connectivity index (χ2v) is 22.4. The summed E-state index contributed by atoms with van der Waals surface area (Å²) in [6.45, 7) is 4.08. The number of likely N-dealkylation sites (N-methyl/N-ethyl adjacent to an activating group) is 1. The second kappa shape index (κ2) is 56.9. The minimum atomic E-state index is -4.65. The van der Waals surface area contributed by atoms with Crippen LogP contribution in [0.3, 0.4) is 0 Å². The zero-order chi connectivity index (χ0) is 56.3. The highest BCUT2D eigenvalue weighted by molar-refractivity contribution is 7.45. The second-order valence-electron chi connectivity index (χ2n) is 21.0. The minimum Gasteiger partial charge on any atom is -0.756 e. The Kier molecular flexibility index (Phi) is 54.0. The van der Waals surface area contributed by atoms with Gasteiger partial charge in [0.05, 0.1) is 27.7 Å². The summed E-state index contributed by atoms with van der Waals surface area (Å²) in [5.41, 5.74) is 0. The number of nitrogens with zero attached hydrogens (tertiary/aromatic N) is 1. The van der Waals surface area contributed by atoms with Crippen molar-refractivity contribution in [3.63, 3.8) is 0 Å². The van der Waals surface area contributed by atoms with Crippen LogP contribution in [0.25, 0.3) is 0 Å². The first kappa shape index (κ1) is 73.2. The van der Waals surface area contributed by atoms with Crippen LogP contribution < -0.4 is 4.89 Å². The normalized spacial score (nSPS) is 14.2. The monoisotopic (exact) mass is 1090 g/mol. The van der Waals surface area contributed by atoms with Gasteiger partial charge in [0.15, 0.2) is 6.10 Å². The molecule has 77 heavy (non-hydrogen) atoms. The van der Waals surface area contributed by atoms with Gasteiger partial charge in [0, 0.05) is 12.8 Å². The molecule has 0 spiro atoms. The van der Waals surface area contributed by atoms with Crippen molar-refractivity contribution in [1.29, 1.82) is 0 Å². The molecule has 0 heterocycles. The molecule has 10 heteroatoms. The van der Waals surface area contributed by atoms with Crippen LogP contribution in [-0.4, -0.2) is 70.0 Å². The number of allylic oxidation sites excluding steroid dienone is 22. The topological polar surface area (TPSA) is 111 Å². The van der Waals surface area contributed by atoms with Gasteiger partial charge in [-0.1, -0.05) is 250 Å². The molecule has 0 fully saturated rings. The first-order valence-corrected chi connectivity index (χ1v) is 31.9. The third kappa shape index (κ3) is 61.2. The third-order valence-corrected chi connectivity index (χ3v) is 13.4. The number of phosphoric acid groups is 1. The van der Waals surface area contributed by atoms with E-state index in [0.717, 1.165) is 109 Å². The first-order chi connectivity index (χ1) is 37.5. The summed E-state index contributed by atoms with van der Waals surface area (Å²) in [5, 5.41) is 0. The van der Waals surface area contributed by atoms with Gasteiger partial charge in [-0.3, -0.25) is 14.2 Å². The third-order valence-electron chi connectivity index (χ3n) is 12.4. The number of phosphoric ester groups is 1. The maximum absolute atomic E-state index is 12.8. The summed E-state index contributed by atoms with van der Waals surface area (Å²) >= 11 is 0. The van der Waals surface area contributed by atoms with E-state index >= 15 is 0 Å². The molecule has 0 aromatic heterocycles. The van der Waals surface area contributed by atoms with E-state index in [1.54, 1.807) is 0 Å². The van der Waals surface area contributed by atoms with Gasteiger partial charge in [-0.25, -0.2) is 0 Å². The molecule has 0 saturated carbocycles. The number of rotatable bonds is 54. The van der Waals surface area contributed by atoms with E-state index in [1.807, 2.05) is 21.1 Å². The number of carbonyl (C=O) groups is 2. The fourth-order valence-corrected chi connectivity index (χ4v) is 8.51. The Labute approximate surface area is 472 Å². The van der Waals surface area contributed by atoms with Gasteiger partial charge in [0.1, 0.15) is 19.8 Å². The fourth-order valence-electron chi connectivity index (χ4n) is 7.78. The summed E-state index contributed by atoms with van der Waals surface area (Å²) in [6.07, 6.45) is 82.2. The van der Waals surface area contributed by atoms with Crippen LogP contribution >= 0.6 is 7.82 Å². The van der Waals surface area contributed by atoms with E-state index in [4.69, 9.17) is 18.5 Å². The highest BCUT2D eigenvalue weighted by Gasteiger charge is 2.21. The molecule has 0 N–H and O–H groups in total. The number of esters is 2. The Bertz CT molecular complexity index is 1760. The Hall–Kier alpha value is -3.85. The van der Waals surface area contributed by atoms with Gasteiger partial charge in [-0.15, -0.1) is 0 Å². The average Bonchev–Trinajstić information content (AvgIpc) is 3.39. The van der Waals surface area contributed by atoms with Crippen molar-refractivity contribution >= 4 is 19.8 Å².